The number of aliphatic hydroxyl groups excluding tert-OH is 2. The summed E-state index contributed by atoms with van der Waals surface area (Å²) in [6.07, 6.45) is -6.80. The first kappa shape index (κ1) is 34.1. The van der Waals surface area contributed by atoms with E-state index in [0.717, 1.165) is 0 Å². The first-order chi connectivity index (χ1) is 22.3. The van der Waals surface area contributed by atoms with Crippen LogP contribution in [0.4, 0.5) is 0 Å². The van der Waals surface area contributed by atoms with Crippen molar-refractivity contribution in [3.05, 3.63) is 41.0 Å². The standard InChI is InChI=1S/C29H32O13.H3O3PS/c1-11-36-9-20-27(40-11)24(31)25(32)29(41-20)42-26-14-7-17-16(38-10-39-17)6-13(14)21(22-15(26)8-37-28(22)33)12-4-18(34-2)23(30)19(5-12)35-3;1-4(2,3)5/h4-7,11,15,20-22,24-27,29-32H,8-10H2,1-3H3;(H3,1,2,3,5)/t11-,15?,20-,21-,22+,24-,25-,26?,27-,29+;/m1./s1. The van der Waals surface area contributed by atoms with Crippen molar-refractivity contribution in [2.24, 2.45) is 11.8 Å². The lowest BCUT2D eigenvalue weighted by atomic mass is 9.66. The number of phenolic OH excluding ortho intramolecular Hbond substituents is 1. The molecule has 0 bridgehead atoms. The van der Waals surface area contributed by atoms with Crippen LogP contribution in [0.25, 0.3) is 0 Å². The summed E-state index contributed by atoms with van der Waals surface area (Å²) < 4.78 is 51.5. The van der Waals surface area contributed by atoms with E-state index in [0.29, 0.717) is 28.2 Å². The van der Waals surface area contributed by atoms with E-state index in [2.05, 4.69) is 11.8 Å². The van der Waals surface area contributed by atoms with E-state index in [9.17, 15) is 20.1 Å². The van der Waals surface area contributed by atoms with Crippen molar-refractivity contribution < 1.29 is 77.4 Å². The van der Waals surface area contributed by atoms with Gasteiger partial charge in [-0.25, -0.2) is 0 Å². The van der Waals surface area contributed by atoms with Crippen molar-refractivity contribution >= 4 is 24.5 Å². The second-order valence-corrected chi connectivity index (χ2v) is 14.0. The van der Waals surface area contributed by atoms with E-state index in [1.54, 1.807) is 31.2 Å². The van der Waals surface area contributed by atoms with Crippen molar-refractivity contribution in [2.75, 3.05) is 34.2 Å². The molecule has 2 aromatic carbocycles. The number of esters is 1. The molecule has 0 spiro atoms. The van der Waals surface area contributed by atoms with E-state index >= 15 is 0 Å². The lowest BCUT2D eigenvalue weighted by Gasteiger charge is -2.47. The zero-order valence-electron chi connectivity index (χ0n) is 25.3. The van der Waals surface area contributed by atoms with Crippen LogP contribution in [-0.4, -0.2) is 107 Å². The molecule has 47 heavy (non-hydrogen) atoms. The molecule has 0 amide bonds. The Balaban J connectivity index is 0.000000720. The highest BCUT2D eigenvalue weighted by molar-refractivity contribution is 8.06. The maximum Gasteiger partial charge on any atom is 0.319 e. The highest BCUT2D eigenvalue weighted by atomic mass is 32.5. The average molecular weight is 703 g/mol. The fraction of sp³-hybridized carbons (Fsp3) is 0.552. The van der Waals surface area contributed by atoms with Crippen molar-refractivity contribution in [2.45, 2.75) is 55.9 Å². The normalized spacial score (nSPS) is 33.8. The van der Waals surface area contributed by atoms with E-state index in [4.69, 9.17) is 57.3 Å². The van der Waals surface area contributed by atoms with Crippen LogP contribution in [0.15, 0.2) is 24.3 Å². The summed E-state index contributed by atoms with van der Waals surface area (Å²) in [5.41, 5.74) is 2.01. The van der Waals surface area contributed by atoms with E-state index in [-0.39, 0.29) is 37.3 Å². The number of fused-ring (bicyclic) bond motifs is 4. The van der Waals surface area contributed by atoms with Gasteiger partial charge in [0.25, 0.3) is 0 Å². The number of carbonyl (C=O) groups is 1. The number of benzene rings is 2. The molecule has 4 aliphatic heterocycles. The monoisotopic (exact) mass is 702 g/mol. The van der Waals surface area contributed by atoms with Gasteiger partial charge in [-0.2, -0.15) is 0 Å². The number of carbonyl (C=O) groups excluding carboxylic acids is 1. The van der Waals surface area contributed by atoms with Crippen LogP contribution >= 0.6 is 6.72 Å². The number of hydrogen-bond donors (Lipinski definition) is 6. The van der Waals surface area contributed by atoms with Crippen LogP contribution in [0.2, 0.25) is 0 Å². The molecule has 3 fully saturated rings. The van der Waals surface area contributed by atoms with Gasteiger partial charge in [0.05, 0.1) is 39.5 Å². The fourth-order valence-corrected chi connectivity index (χ4v) is 6.74. The molecule has 258 valence electrons. The Bertz CT molecular complexity index is 1520. The number of ether oxygens (including phenoxy) is 9. The van der Waals surface area contributed by atoms with E-state index in [1.165, 1.54) is 14.2 Å². The minimum atomic E-state index is -3.81. The third kappa shape index (κ3) is 6.63. The zero-order chi connectivity index (χ0) is 33.8. The van der Waals surface area contributed by atoms with Crippen molar-refractivity contribution in [1.29, 1.82) is 0 Å². The molecular formula is C29H35O16PS. The number of cyclic esters (lactones) is 1. The average Bonchev–Trinajstić information content (AvgIpc) is 3.64. The molecule has 4 heterocycles. The van der Waals surface area contributed by atoms with Gasteiger partial charge >= 0.3 is 12.7 Å². The molecular weight excluding hydrogens is 667 g/mol. The Morgan fingerprint density at radius 1 is 0.894 bits per heavy atom. The number of methoxy groups -OCH3 is 2. The minimum Gasteiger partial charge on any atom is -0.502 e. The van der Waals surface area contributed by atoms with Gasteiger partial charge < -0.3 is 72.6 Å². The van der Waals surface area contributed by atoms with Gasteiger partial charge in [0, 0.05) is 11.8 Å². The Morgan fingerprint density at radius 3 is 2.13 bits per heavy atom. The maximum absolute atomic E-state index is 13.4. The van der Waals surface area contributed by atoms with Crippen LogP contribution in [0.5, 0.6) is 28.7 Å². The van der Waals surface area contributed by atoms with Crippen molar-refractivity contribution in [3.63, 3.8) is 0 Å². The molecule has 0 radical (unpaired) electrons. The molecule has 0 aromatic heterocycles. The summed E-state index contributed by atoms with van der Waals surface area (Å²) in [6, 6.07) is 6.93. The first-order valence-corrected chi connectivity index (χ1v) is 17.2. The van der Waals surface area contributed by atoms with Gasteiger partial charge in [0.2, 0.25) is 12.5 Å². The maximum atomic E-state index is 13.4. The number of aliphatic hydroxyl groups is 2. The summed E-state index contributed by atoms with van der Waals surface area (Å²) in [4.78, 5) is 36.1. The highest BCUT2D eigenvalue weighted by Gasteiger charge is 2.56. The van der Waals surface area contributed by atoms with Crippen LogP contribution in [0.1, 0.15) is 35.6 Å². The predicted octanol–water partition coefficient (Wildman–Crippen LogP) is 0.526. The van der Waals surface area contributed by atoms with Gasteiger partial charge in [-0.1, -0.05) is 0 Å². The number of aromatic hydroxyl groups is 1. The number of hydrogen-bond acceptors (Lipinski definition) is 14. The van der Waals surface area contributed by atoms with E-state index < -0.39 is 73.5 Å². The second kappa shape index (κ2) is 13.2. The molecule has 0 saturated carbocycles. The summed E-state index contributed by atoms with van der Waals surface area (Å²) >= 11 is 3.60. The van der Waals surface area contributed by atoms with Crippen LogP contribution < -0.4 is 18.9 Å². The SMILES string of the molecule is COc1cc([C@@H]2c3cc4c(cc3C(O[C@@H]3O[C@@H]5CO[C@@H](C)O[C@H]5[C@H](O)[C@H]3O)C3COC(=O)[C@@H]32)OCO4)cc(OC)c1O.OP(O)(O)=S. The molecule has 6 N–H and O–H groups in total. The molecule has 10 atom stereocenters. The summed E-state index contributed by atoms with van der Waals surface area (Å²) in [7, 11) is 2.86. The van der Waals surface area contributed by atoms with Gasteiger partial charge in [0.15, 0.2) is 35.6 Å². The molecule has 18 heteroatoms. The lowest BCUT2D eigenvalue weighted by Crippen LogP contribution is -2.63. The Morgan fingerprint density at radius 2 is 1.51 bits per heavy atom. The van der Waals surface area contributed by atoms with Gasteiger partial charge in [-0.05, 0) is 59.7 Å². The topological polar surface area (TPSA) is 222 Å². The summed E-state index contributed by atoms with van der Waals surface area (Å²) in [6.45, 7) is -1.88. The summed E-state index contributed by atoms with van der Waals surface area (Å²) in [5, 5.41) is 32.5. The highest BCUT2D eigenvalue weighted by Crippen LogP contribution is 2.57. The Labute approximate surface area is 273 Å². The lowest BCUT2D eigenvalue weighted by molar-refractivity contribution is -0.364. The molecule has 2 aromatic rings. The fourth-order valence-electron chi connectivity index (χ4n) is 6.74. The third-order valence-electron chi connectivity index (χ3n) is 8.75. The molecule has 5 aliphatic rings. The van der Waals surface area contributed by atoms with Crippen LogP contribution in [0.3, 0.4) is 0 Å². The Kier molecular flexibility index (Phi) is 9.61. The molecule has 2 unspecified atom stereocenters. The smallest absolute Gasteiger partial charge is 0.319 e. The number of phenols is 1. The molecule has 1 aliphatic carbocycles. The van der Waals surface area contributed by atoms with Crippen LogP contribution in [0, 0.1) is 11.8 Å². The predicted molar refractivity (Wildman–Crippen MR) is 159 cm³/mol. The largest absolute Gasteiger partial charge is 0.502 e. The van der Waals surface area contributed by atoms with Crippen molar-refractivity contribution in [1.82, 2.24) is 0 Å². The van der Waals surface area contributed by atoms with Crippen LogP contribution in [-0.2, 0) is 40.3 Å². The molecule has 7 rings (SSSR count). The van der Waals surface area contributed by atoms with E-state index in [1.807, 2.05) is 0 Å². The summed E-state index contributed by atoms with van der Waals surface area (Å²) in [5.74, 6) is -1.02. The van der Waals surface area contributed by atoms with Gasteiger partial charge in [0.1, 0.15) is 24.4 Å². The first-order valence-electron chi connectivity index (χ1n) is 14.6. The second-order valence-electron chi connectivity index (χ2n) is 11.5. The third-order valence-corrected chi connectivity index (χ3v) is 8.75. The number of rotatable bonds is 5. The zero-order valence-corrected chi connectivity index (χ0v) is 27.0. The minimum absolute atomic E-state index is 0.0301. The quantitative estimate of drug-likeness (QED) is 0.185. The van der Waals surface area contributed by atoms with Gasteiger partial charge in [-0.15, -0.1) is 0 Å². The Hall–Kier alpha value is -2.80. The van der Waals surface area contributed by atoms with Crippen molar-refractivity contribution in [3.8, 4) is 28.7 Å². The molecule has 3 saturated heterocycles. The molecule has 16 nitrogen and oxygen atoms in total. The van der Waals surface area contributed by atoms with Gasteiger partial charge in [-0.3, -0.25) is 4.79 Å².